The Hall–Kier alpha value is -2.29. The molecule has 1 atom stereocenters. The first kappa shape index (κ1) is 18.5. The van der Waals surface area contributed by atoms with Gasteiger partial charge in [0, 0.05) is 55.9 Å². The van der Waals surface area contributed by atoms with E-state index < -0.39 is 12.0 Å². The Balaban J connectivity index is 1.75. The predicted molar refractivity (Wildman–Crippen MR) is 91.2 cm³/mol. The number of ether oxygens (including phenoxy) is 1. The zero-order chi connectivity index (χ0) is 18.7. The Morgan fingerprint density at radius 1 is 1.50 bits per heavy atom. The minimum atomic E-state index is -2.76. The molecule has 3 heterocycles. The van der Waals surface area contributed by atoms with Crippen LogP contribution in [0.1, 0.15) is 38.2 Å². The molecule has 0 radical (unpaired) electrons. The highest BCUT2D eigenvalue weighted by molar-refractivity contribution is 5.79. The van der Waals surface area contributed by atoms with Gasteiger partial charge in [0.25, 0.3) is 12.0 Å². The highest BCUT2D eigenvalue weighted by atomic mass is 19.3. The minimum Gasteiger partial charge on any atom is -0.376 e. The molecule has 2 aromatic rings. The first-order valence-electron chi connectivity index (χ1n) is 8.77. The van der Waals surface area contributed by atoms with Crippen LogP contribution in [0.5, 0.6) is 0 Å². The maximum absolute atomic E-state index is 13.2. The Kier molecular flexibility index (Phi) is 5.65. The van der Waals surface area contributed by atoms with Gasteiger partial charge in [0.05, 0.1) is 6.10 Å². The highest BCUT2D eigenvalue weighted by Crippen LogP contribution is 2.25. The number of carbonyl (C=O) groups excluding carboxylic acids is 1. The monoisotopic (exact) mass is 368 g/mol. The van der Waals surface area contributed by atoms with E-state index in [0.29, 0.717) is 19.7 Å². The quantitative estimate of drug-likeness (QED) is 0.809. The molecule has 2 aromatic heterocycles. The summed E-state index contributed by atoms with van der Waals surface area (Å²) in [5.41, 5.74) is -0.730. The first-order chi connectivity index (χ1) is 12.5. The molecule has 0 spiro atoms. The SMILES string of the molecule is CCn1cc2c(C(F)F)cc(=O)n(CCC(=O)NCC3CCCO3)c2n1. The second-order valence-electron chi connectivity index (χ2n) is 6.30. The number of aryl methyl sites for hydroxylation is 2. The molecule has 142 valence electrons. The van der Waals surface area contributed by atoms with Gasteiger partial charge in [-0.3, -0.25) is 18.8 Å². The van der Waals surface area contributed by atoms with E-state index in [1.54, 1.807) is 0 Å². The van der Waals surface area contributed by atoms with Crippen molar-refractivity contribution >= 4 is 16.9 Å². The summed E-state index contributed by atoms with van der Waals surface area (Å²) in [5, 5.41) is 7.24. The summed E-state index contributed by atoms with van der Waals surface area (Å²) in [7, 11) is 0. The van der Waals surface area contributed by atoms with Crippen LogP contribution in [0.4, 0.5) is 8.78 Å². The zero-order valence-corrected chi connectivity index (χ0v) is 14.6. The van der Waals surface area contributed by atoms with Crippen molar-refractivity contribution in [3.05, 3.63) is 28.2 Å². The van der Waals surface area contributed by atoms with E-state index in [1.165, 1.54) is 15.4 Å². The molecule has 1 N–H and O–H groups in total. The van der Waals surface area contributed by atoms with Crippen LogP contribution in [0.3, 0.4) is 0 Å². The Morgan fingerprint density at radius 2 is 2.31 bits per heavy atom. The summed E-state index contributed by atoms with van der Waals surface area (Å²) in [5.74, 6) is -0.214. The molecule has 1 aliphatic rings. The number of hydrogen-bond acceptors (Lipinski definition) is 4. The Labute approximate surface area is 148 Å². The lowest BCUT2D eigenvalue weighted by atomic mass is 10.2. The largest absolute Gasteiger partial charge is 0.376 e. The maximum atomic E-state index is 13.2. The van der Waals surface area contributed by atoms with Crippen LogP contribution < -0.4 is 10.9 Å². The summed E-state index contributed by atoms with van der Waals surface area (Å²) < 4.78 is 34.7. The molecule has 0 aromatic carbocycles. The molecule has 1 fully saturated rings. The smallest absolute Gasteiger partial charge is 0.264 e. The fourth-order valence-corrected chi connectivity index (χ4v) is 3.10. The molecule has 1 saturated heterocycles. The van der Waals surface area contributed by atoms with Gasteiger partial charge in [-0.1, -0.05) is 0 Å². The third-order valence-electron chi connectivity index (χ3n) is 4.53. The number of nitrogens with one attached hydrogen (secondary N) is 1. The summed E-state index contributed by atoms with van der Waals surface area (Å²) in [6, 6.07) is 0.930. The molecular weight excluding hydrogens is 346 g/mol. The van der Waals surface area contributed by atoms with Gasteiger partial charge in [-0.15, -0.1) is 0 Å². The molecule has 3 rings (SSSR count). The average molecular weight is 368 g/mol. The second kappa shape index (κ2) is 7.94. The number of alkyl halides is 2. The van der Waals surface area contributed by atoms with E-state index in [0.717, 1.165) is 18.9 Å². The van der Waals surface area contributed by atoms with E-state index in [9.17, 15) is 18.4 Å². The summed E-state index contributed by atoms with van der Waals surface area (Å²) in [4.78, 5) is 24.3. The first-order valence-corrected chi connectivity index (χ1v) is 8.77. The van der Waals surface area contributed by atoms with Crippen LogP contribution in [-0.2, 0) is 22.6 Å². The number of hydrogen-bond donors (Lipinski definition) is 1. The fourth-order valence-electron chi connectivity index (χ4n) is 3.10. The molecule has 0 aliphatic carbocycles. The van der Waals surface area contributed by atoms with Crippen LogP contribution in [0.15, 0.2) is 17.1 Å². The van der Waals surface area contributed by atoms with E-state index in [2.05, 4.69) is 10.4 Å². The van der Waals surface area contributed by atoms with Gasteiger partial charge in [-0.2, -0.15) is 5.10 Å². The van der Waals surface area contributed by atoms with Crippen molar-refractivity contribution in [3.63, 3.8) is 0 Å². The third-order valence-corrected chi connectivity index (χ3v) is 4.53. The van der Waals surface area contributed by atoms with Crippen molar-refractivity contribution in [2.45, 2.75) is 51.8 Å². The highest BCUT2D eigenvalue weighted by Gasteiger charge is 2.20. The number of nitrogens with zero attached hydrogens (tertiary/aromatic N) is 3. The van der Waals surface area contributed by atoms with Gasteiger partial charge in [0.15, 0.2) is 5.65 Å². The van der Waals surface area contributed by atoms with Crippen LogP contribution in [0, 0.1) is 0 Å². The number of aromatic nitrogens is 3. The van der Waals surface area contributed by atoms with Crippen LogP contribution >= 0.6 is 0 Å². The summed E-state index contributed by atoms with van der Waals surface area (Å²) >= 11 is 0. The van der Waals surface area contributed by atoms with Gasteiger partial charge < -0.3 is 10.1 Å². The van der Waals surface area contributed by atoms with Gasteiger partial charge in [0.2, 0.25) is 5.91 Å². The van der Waals surface area contributed by atoms with Crippen LogP contribution in [0.2, 0.25) is 0 Å². The molecule has 1 aliphatic heterocycles. The van der Waals surface area contributed by atoms with Crippen LogP contribution in [-0.4, -0.2) is 39.5 Å². The van der Waals surface area contributed by atoms with E-state index in [-0.39, 0.29) is 41.6 Å². The normalized spacial score (nSPS) is 17.3. The molecular formula is C17H22F2N4O3. The molecule has 9 heteroatoms. The Morgan fingerprint density at radius 3 is 2.96 bits per heavy atom. The molecule has 1 unspecified atom stereocenters. The molecule has 26 heavy (non-hydrogen) atoms. The maximum Gasteiger partial charge on any atom is 0.264 e. The molecule has 0 saturated carbocycles. The van der Waals surface area contributed by atoms with Crippen molar-refractivity contribution in [2.24, 2.45) is 0 Å². The van der Waals surface area contributed by atoms with Crippen molar-refractivity contribution in [2.75, 3.05) is 13.2 Å². The minimum absolute atomic E-state index is 0.0407. The van der Waals surface area contributed by atoms with Gasteiger partial charge in [-0.05, 0) is 19.8 Å². The Bertz CT molecular complexity index is 840. The number of pyridine rings is 1. The molecule has 7 nitrogen and oxygen atoms in total. The topological polar surface area (TPSA) is 78.2 Å². The van der Waals surface area contributed by atoms with Gasteiger partial charge in [0.1, 0.15) is 0 Å². The second-order valence-corrected chi connectivity index (χ2v) is 6.30. The van der Waals surface area contributed by atoms with Crippen molar-refractivity contribution in [1.29, 1.82) is 0 Å². The lowest BCUT2D eigenvalue weighted by Gasteiger charge is -2.12. The van der Waals surface area contributed by atoms with Crippen molar-refractivity contribution < 1.29 is 18.3 Å². The standard InChI is InChI=1S/C17H22F2N4O3/c1-2-22-10-13-12(16(18)19)8-15(25)23(17(13)21-22)6-5-14(24)20-9-11-4-3-7-26-11/h8,10-11,16H,2-7,9H2,1H3,(H,20,24). The van der Waals surface area contributed by atoms with Crippen molar-refractivity contribution in [1.82, 2.24) is 19.7 Å². The van der Waals surface area contributed by atoms with Gasteiger partial charge in [-0.25, -0.2) is 8.78 Å². The number of rotatable bonds is 7. The lowest BCUT2D eigenvalue weighted by molar-refractivity contribution is -0.121. The summed E-state index contributed by atoms with van der Waals surface area (Å²) in [6.45, 7) is 3.56. The number of carbonyl (C=O) groups is 1. The summed E-state index contributed by atoms with van der Waals surface area (Å²) in [6.07, 6.45) is 0.760. The molecule has 0 bridgehead atoms. The van der Waals surface area contributed by atoms with Crippen LogP contribution in [0.25, 0.3) is 11.0 Å². The number of halogens is 2. The van der Waals surface area contributed by atoms with E-state index >= 15 is 0 Å². The third kappa shape index (κ3) is 3.92. The predicted octanol–water partition coefficient (Wildman–Crippen LogP) is 1.84. The number of fused-ring (bicyclic) bond motifs is 1. The zero-order valence-electron chi connectivity index (χ0n) is 14.6. The van der Waals surface area contributed by atoms with E-state index in [1.807, 2.05) is 6.92 Å². The number of amides is 1. The fraction of sp³-hybridized carbons (Fsp3) is 0.588. The molecule has 1 amide bonds. The van der Waals surface area contributed by atoms with Gasteiger partial charge >= 0.3 is 0 Å². The van der Waals surface area contributed by atoms with Crippen molar-refractivity contribution in [3.8, 4) is 0 Å². The van der Waals surface area contributed by atoms with E-state index in [4.69, 9.17) is 4.74 Å². The average Bonchev–Trinajstić information content (AvgIpc) is 3.27. The lowest BCUT2D eigenvalue weighted by Crippen LogP contribution is -2.33.